The number of H-pyrrole nitrogens is 1. The van der Waals surface area contributed by atoms with Gasteiger partial charge in [-0.25, -0.2) is 22.5 Å². The number of aromatic amines is 1. The van der Waals surface area contributed by atoms with Crippen LogP contribution in [0.4, 0.5) is 10.1 Å². The summed E-state index contributed by atoms with van der Waals surface area (Å²) in [5.41, 5.74) is 5.21. The lowest BCUT2D eigenvalue weighted by atomic mass is 10.3. The molecule has 1 aromatic carbocycles. The Kier molecular flexibility index (Phi) is 3.54. The van der Waals surface area contributed by atoms with Gasteiger partial charge in [0.15, 0.2) is 0 Å². The molecule has 0 radical (unpaired) electrons. The van der Waals surface area contributed by atoms with Crippen LogP contribution in [0.2, 0.25) is 0 Å². The molecule has 2 rings (SSSR count). The number of rotatable bonds is 4. The SMILES string of the molecule is CC(NS(=O)(=O)c1ccc(N)c(F)c1)c1ncc[nH]1. The zero-order valence-electron chi connectivity index (χ0n) is 10.1. The molecule has 0 aliphatic rings. The normalized spacial score (nSPS) is 13.4. The topological polar surface area (TPSA) is 101 Å². The van der Waals surface area contributed by atoms with E-state index in [1.54, 1.807) is 13.1 Å². The molecule has 1 heterocycles. The second-order valence-electron chi connectivity index (χ2n) is 4.00. The van der Waals surface area contributed by atoms with Gasteiger partial charge in [-0.05, 0) is 25.1 Å². The van der Waals surface area contributed by atoms with E-state index < -0.39 is 21.9 Å². The Balaban J connectivity index is 2.25. The van der Waals surface area contributed by atoms with Gasteiger partial charge in [0.25, 0.3) is 0 Å². The van der Waals surface area contributed by atoms with Crippen LogP contribution in [0.3, 0.4) is 0 Å². The first-order valence-electron chi connectivity index (χ1n) is 5.47. The number of nitrogens with one attached hydrogen (secondary N) is 2. The molecule has 0 aliphatic heterocycles. The zero-order chi connectivity index (χ0) is 14.0. The second-order valence-corrected chi connectivity index (χ2v) is 5.71. The molecule has 6 nitrogen and oxygen atoms in total. The Morgan fingerprint density at radius 2 is 2.21 bits per heavy atom. The van der Waals surface area contributed by atoms with Gasteiger partial charge in [0.2, 0.25) is 10.0 Å². The molecule has 0 amide bonds. The number of hydrogen-bond donors (Lipinski definition) is 3. The van der Waals surface area contributed by atoms with Crippen molar-refractivity contribution in [2.75, 3.05) is 5.73 Å². The number of halogens is 1. The fraction of sp³-hybridized carbons (Fsp3) is 0.182. The maximum Gasteiger partial charge on any atom is 0.241 e. The molecule has 102 valence electrons. The predicted molar refractivity (Wildman–Crippen MR) is 68.1 cm³/mol. The molecule has 8 heteroatoms. The maximum absolute atomic E-state index is 13.3. The first-order chi connectivity index (χ1) is 8.90. The minimum Gasteiger partial charge on any atom is -0.396 e. The van der Waals surface area contributed by atoms with E-state index in [2.05, 4.69) is 14.7 Å². The summed E-state index contributed by atoms with van der Waals surface area (Å²) in [7, 11) is -3.83. The fourth-order valence-electron chi connectivity index (χ4n) is 1.55. The van der Waals surface area contributed by atoms with E-state index in [9.17, 15) is 12.8 Å². The van der Waals surface area contributed by atoms with Gasteiger partial charge < -0.3 is 10.7 Å². The molecule has 0 aliphatic carbocycles. The van der Waals surface area contributed by atoms with Crippen molar-refractivity contribution in [3.8, 4) is 0 Å². The summed E-state index contributed by atoms with van der Waals surface area (Å²) in [6.07, 6.45) is 3.10. The van der Waals surface area contributed by atoms with E-state index in [0.29, 0.717) is 5.82 Å². The van der Waals surface area contributed by atoms with Gasteiger partial charge in [-0.2, -0.15) is 0 Å². The lowest BCUT2D eigenvalue weighted by Gasteiger charge is -2.12. The Bertz CT molecular complexity index is 670. The molecular weight excluding hydrogens is 271 g/mol. The van der Waals surface area contributed by atoms with E-state index in [4.69, 9.17) is 5.73 Å². The standard InChI is InChI=1S/C11H13FN4O2S/c1-7(11-14-4-5-15-11)16-19(17,18)8-2-3-10(13)9(12)6-8/h2-7,16H,13H2,1H3,(H,14,15). The minimum absolute atomic E-state index is 0.0990. The van der Waals surface area contributed by atoms with E-state index in [1.807, 2.05) is 0 Å². The molecular formula is C11H13FN4O2S. The zero-order valence-corrected chi connectivity index (χ0v) is 10.9. The lowest BCUT2D eigenvalue weighted by Crippen LogP contribution is -2.27. The summed E-state index contributed by atoms with van der Waals surface area (Å²) in [5.74, 6) is -0.298. The Hall–Kier alpha value is -1.93. The molecule has 4 N–H and O–H groups in total. The first kappa shape index (κ1) is 13.5. The number of nitrogens with two attached hydrogens (primary N) is 1. The van der Waals surface area contributed by atoms with E-state index in [-0.39, 0.29) is 10.6 Å². The van der Waals surface area contributed by atoms with E-state index >= 15 is 0 Å². The van der Waals surface area contributed by atoms with E-state index in [0.717, 1.165) is 6.07 Å². The third kappa shape index (κ3) is 2.91. The van der Waals surface area contributed by atoms with Crippen LogP contribution in [0.25, 0.3) is 0 Å². The van der Waals surface area contributed by atoms with Gasteiger partial charge in [0.1, 0.15) is 11.6 Å². The highest BCUT2D eigenvalue weighted by Gasteiger charge is 2.20. The predicted octanol–water partition coefficient (Wildman–Crippen LogP) is 1.17. The molecule has 2 aromatic rings. The molecule has 0 fully saturated rings. The minimum atomic E-state index is -3.83. The fourth-order valence-corrected chi connectivity index (χ4v) is 2.76. The summed E-state index contributed by atoms with van der Waals surface area (Å²) in [6, 6.07) is 2.78. The number of anilines is 1. The number of hydrogen-bond acceptors (Lipinski definition) is 4. The van der Waals surface area contributed by atoms with Crippen molar-refractivity contribution in [3.63, 3.8) is 0 Å². The van der Waals surface area contributed by atoms with Crippen molar-refractivity contribution >= 4 is 15.7 Å². The number of nitrogen functional groups attached to an aromatic ring is 1. The summed E-state index contributed by atoms with van der Waals surface area (Å²) < 4.78 is 39.8. The third-order valence-electron chi connectivity index (χ3n) is 2.54. The number of imidazole rings is 1. The molecule has 0 bridgehead atoms. The van der Waals surface area contributed by atoms with Crippen molar-refractivity contribution in [2.45, 2.75) is 17.9 Å². The van der Waals surface area contributed by atoms with Crippen molar-refractivity contribution in [3.05, 3.63) is 42.2 Å². The van der Waals surface area contributed by atoms with Crippen LogP contribution in [-0.2, 0) is 10.0 Å². The van der Waals surface area contributed by atoms with Gasteiger partial charge in [-0.15, -0.1) is 0 Å². The lowest BCUT2D eigenvalue weighted by molar-refractivity contribution is 0.559. The summed E-state index contributed by atoms with van der Waals surface area (Å²) in [5, 5.41) is 0. The Morgan fingerprint density at radius 1 is 1.47 bits per heavy atom. The molecule has 19 heavy (non-hydrogen) atoms. The van der Waals surface area contributed by atoms with Crippen LogP contribution in [0.1, 0.15) is 18.8 Å². The molecule has 0 spiro atoms. The van der Waals surface area contributed by atoms with Crippen molar-refractivity contribution < 1.29 is 12.8 Å². The third-order valence-corrected chi connectivity index (χ3v) is 4.08. The summed E-state index contributed by atoms with van der Waals surface area (Å²) in [6.45, 7) is 1.63. The molecule has 0 saturated carbocycles. The highest BCUT2D eigenvalue weighted by molar-refractivity contribution is 7.89. The molecule has 1 aromatic heterocycles. The van der Waals surface area contributed by atoms with Gasteiger partial charge in [0.05, 0.1) is 16.6 Å². The smallest absolute Gasteiger partial charge is 0.241 e. The highest BCUT2D eigenvalue weighted by atomic mass is 32.2. The Labute approximate surface area is 109 Å². The molecule has 0 saturated heterocycles. The Morgan fingerprint density at radius 3 is 2.79 bits per heavy atom. The van der Waals surface area contributed by atoms with Gasteiger partial charge >= 0.3 is 0 Å². The van der Waals surface area contributed by atoms with Crippen LogP contribution in [-0.4, -0.2) is 18.4 Å². The van der Waals surface area contributed by atoms with Crippen molar-refractivity contribution in [1.82, 2.24) is 14.7 Å². The maximum atomic E-state index is 13.3. The molecule has 1 atom stereocenters. The average Bonchev–Trinajstić information content (AvgIpc) is 2.85. The highest BCUT2D eigenvalue weighted by Crippen LogP contribution is 2.18. The quantitative estimate of drug-likeness (QED) is 0.733. The summed E-state index contributed by atoms with van der Waals surface area (Å²) >= 11 is 0. The van der Waals surface area contributed by atoms with Crippen molar-refractivity contribution in [1.29, 1.82) is 0 Å². The van der Waals surface area contributed by atoms with Gasteiger partial charge in [0, 0.05) is 12.4 Å². The van der Waals surface area contributed by atoms with Crippen LogP contribution in [0.15, 0.2) is 35.5 Å². The second kappa shape index (κ2) is 4.98. The number of benzene rings is 1. The van der Waals surface area contributed by atoms with Crippen LogP contribution in [0.5, 0.6) is 0 Å². The molecule has 1 unspecified atom stereocenters. The van der Waals surface area contributed by atoms with Crippen LogP contribution in [0, 0.1) is 5.82 Å². The average molecular weight is 284 g/mol. The van der Waals surface area contributed by atoms with Crippen molar-refractivity contribution in [2.24, 2.45) is 0 Å². The largest absolute Gasteiger partial charge is 0.396 e. The first-order valence-corrected chi connectivity index (χ1v) is 6.95. The van der Waals surface area contributed by atoms with Crippen LogP contribution >= 0.6 is 0 Å². The van der Waals surface area contributed by atoms with E-state index in [1.165, 1.54) is 18.3 Å². The monoisotopic (exact) mass is 284 g/mol. The number of aromatic nitrogens is 2. The number of sulfonamides is 1. The summed E-state index contributed by atoms with van der Waals surface area (Å²) in [4.78, 5) is 6.57. The van der Waals surface area contributed by atoms with Crippen LogP contribution < -0.4 is 10.5 Å². The number of nitrogens with zero attached hydrogens (tertiary/aromatic N) is 1. The van der Waals surface area contributed by atoms with Gasteiger partial charge in [-0.1, -0.05) is 0 Å². The van der Waals surface area contributed by atoms with Gasteiger partial charge in [-0.3, -0.25) is 0 Å².